The smallest absolute Gasteiger partial charge is 0.257 e. The number of carbonyl (C=O) groups excluding carboxylic acids is 1. The fourth-order valence-electron chi connectivity index (χ4n) is 1.80. The van der Waals surface area contributed by atoms with Crippen LogP contribution < -0.4 is 15.8 Å². The zero-order valence-corrected chi connectivity index (χ0v) is 14.9. The van der Waals surface area contributed by atoms with Gasteiger partial charge in [-0.25, -0.2) is 13.6 Å². The normalized spacial score (nSPS) is 11.0. The van der Waals surface area contributed by atoms with Crippen molar-refractivity contribution in [1.29, 1.82) is 0 Å². The fraction of sp³-hybridized carbons (Fsp3) is 0.0667. The van der Waals surface area contributed by atoms with Crippen molar-refractivity contribution in [3.63, 3.8) is 0 Å². The van der Waals surface area contributed by atoms with Gasteiger partial charge in [-0.3, -0.25) is 10.1 Å². The van der Waals surface area contributed by atoms with E-state index in [4.69, 9.17) is 29.0 Å². The summed E-state index contributed by atoms with van der Waals surface area (Å²) in [6, 6.07) is 10.6. The van der Waals surface area contributed by atoms with E-state index in [1.807, 2.05) is 6.92 Å². The number of carbonyl (C=O) groups is 1. The molecule has 0 unspecified atom stereocenters. The van der Waals surface area contributed by atoms with Crippen molar-refractivity contribution < 1.29 is 13.2 Å². The first-order valence-corrected chi connectivity index (χ1v) is 9.01. The van der Waals surface area contributed by atoms with Crippen molar-refractivity contribution in [2.45, 2.75) is 11.8 Å². The monoisotopic (exact) mass is 383 g/mol. The second-order valence-electron chi connectivity index (χ2n) is 4.94. The standard InChI is InChI=1S/C15H14ClN3O3S2/c1-9-2-3-10(8-13(9)16)14(20)19-15(23)18-11-4-6-12(7-5-11)24(17,21)22/h2-8H,1H3,(H2,17,21,22)(H2,18,19,20,23). The average molecular weight is 384 g/mol. The van der Waals surface area contributed by atoms with Crippen molar-refractivity contribution in [2.75, 3.05) is 5.32 Å². The number of hydrogen-bond acceptors (Lipinski definition) is 4. The summed E-state index contributed by atoms with van der Waals surface area (Å²) in [6.45, 7) is 1.83. The van der Waals surface area contributed by atoms with Gasteiger partial charge in [0, 0.05) is 16.3 Å². The Labute approximate surface area is 150 Å². The number of nitrogens with two attached hydrogens (primary N) is 1. The highest BCUT2D eigenvalue weighted by Crippen LogP contribution is 2.17. The number of benzene rings is 2. The van der Waals surface area contributed by atoms with Crippen LogP contribution in [0.2, 0.25) is 5.02 Å². The number of thiocarbonyl (C=S) groups is 1. The van der Waals surface area contributed by atoms with Crippen molar-refractivity contribution in [2.24, 2.45) is 5.14 Å². The zero-order chi connectivity index (χ0) is 17.9. The van der Waals surface area contributed by atoms with E-state index in [0.717, 1.165) is 5.56 Å². The lowest BCUT2D eigenvalue weighted by Crippen LogP contribution is -2.34. The number of aryl methyl sites for hydroxylation is 1. The van der Waals surface area contributed by atoms with Gasteiger partial charge >= 0.3 is 0 Å². The van der Waals surface area contributed by atoms with E-state index < -0.39 is 15.9 Å². The van der Waals surface area contributed by atoms with Gasteiger partial charge in [0.1, 0.15) is 0 Å². The molecule has 2 aromatic carbocycles. The Bertz CT molecular complexity index is 897. The molecule has 0 radical (unpaired) electrons. The molecule has 0 aromatic heterocycles. The minimum atomic E-state index is -3.75. The molecular weight excluding hydrogens is 370 g/mol. The largest absolute Gasteiger partial charge is 0.332 e. The van der Waals surface area contributed by atoms with E-state index in [0.29, 0.717) is 16.3 Å². The Kier molecular flexibility index (Phi) is 5.55. The SMILES string of the molecule is Cc1ccc(C(=O)NC(=S)Nc2ccc(S(N)(=O)=O)cc2)cc1Cl. The minimum Gasteiger partial charge on any atom is -0.332 e. The van der Waals surface area contributed by atoms with E-state index in [-0.39, 0.29) is 10.0 Å². The molecule has 1 amide bonds. The molecule has 0 atom stereocenters. The molecule has 4 N–H and O–H groups in total. The maximum atomic E-state index is 12.1. The third-order valence-electron chi connectivity index (χ3n) is 3.10. The molecule has 0 saturated carbocycles. The lowest BCUT2D eigenvalue weighted by molar-refractivity contribution is 0.0977. The lowest BCUT2D eigenvalue weighted by atomic mass is 10.1. The van der Waals surface area contributed by atoms with Gasteiger partial charge in [-0.2, -0.15) is 0 Å². The average Bonchev–Trinajstić information content (AvgIpc) is 2.49. The molecule has 24 heavy (non-hydrogen) atoms. The van der Waals surface area contributed by atoms with Gasteiger partial charge in [-0.05, 0) is 61.1 Å². The first-order chi connectivity index (χ1) is 11.2. The molecule has 0 saturated heterocycles. The van der Waals surface area contributed by atoms with Crippen molar-refractivity contribution >= 4 is 50.5 Å². The molecule has 0 aliphatic rings. The Balaban J connectivity index is 2.02. The van der Waals surface area contributed by atoms with Gasteiger partial charge < -0.3 is 5.32 Å². The molecule has 0 heterocycles. The van der Waals surface area contributed by atoms with Crippen molar-refractivity contribution in [3.05, 3.63) is 58.6 Å². The first kappa shape index (κ1) is 18.3. The van der Waals surface area contributed by atoms with Gasteiger partial charge in [0.15, 0.2) is 5.11 Å². The third-order valence-corrected chi connectivity index (χ3v) is 4.64. The van der Waals surface area contributed by atoms with Crippen LogP contribution in [0.4, 0.5) is 5.69 Å². The lowest BCUT2D eigenvalue weighted by Gasteiger charge is -2.10. The van der Waals surface area contributed by atoms with Crippen LogP contribution in [0, 0.1) is 6.92 Å². The summed E-state index contributed by atoms with van der Waals surface area (Å²) in [5.74, 6) is -0.407. The number of anilines is 1. The molecule has 0 aliphatic carbocycles. The van der Waals surface area contributed by atoms with Crippen LogP contribution in [0.5, 0.6) is 0 Å². The van der Waals surface area contributed by atoms with Crippen molar-refractivity contribution in [3.8, 4) is 0 Å². The predicted octanol–water partition coefficient (Wildman–Crippen LogP) is 2.42. The number of rotatable bonds is 3. The number of nitrogens with one attached hydrogen (secondary N) is 2. The van der Waals surface area contributed by atoms with E-state index >= 15 is 0 Å². The van der Waals surface area contributed by atoms with Crippen LogP contribution in [-0.2, 0) is 10.0 Å². The van der Waals surface area contributed by atoms with Gasteiger partial charge in [-0.15, -0.1) is 0 Å². The molecular formula is C15H14ClN3O3S2. The number of halogens is 1. The highest BCUT2D eigenvalue weighted by molar-refractivity contribution is 7.89. The molecule has 0 bridgehead atoms. The van der Waals surface area contributed by atoms with E-state index in [1.54, 1.807) is 18.2 Å². The van der Waals surface area contributed by atoms with Crippen LogP contribution in [0.3, 0.4) is 0 Å². The molecule has 9 heteroatoms. The number of sulfonamides is 1. The Morgan fingerprint density at radius 2 is 1.79 bits per heavy atom. The molecule has 0 spiro atoms. The first-order valence-electron chi connectivity index (χ1n) is 6.68. The van der Waals surface area contributed by atoms with Crippen LogP contribution in [0.1, 0.15) is 15.9 Å². The van der Waals surface area contributed by atoms with Gasteiger partial charge in [0.2, 0.25) is 10.0 Å². The summed E-state index contributed by atoms with van der Waals surface area (Å²) in [5, 5.41) is 10.9. The zero-order valence-electron chi connectivity index (χ0n) is 12.5. The second-order valence-corrected chi connectivity index (χ2v) is 7.32. The minimum absolute atomic E-state index is 0.0164. The fourth-order valence-corrected chi connectivity index (χ4v) is 2.71. The van der Waals surface area contributed by atoms with Gasteiger partial charge in [0.05, 0.1) is 4.90 Å². The maximum absolute atomic E-state index is 12.1. The highest BCUT2D eigenvalue weighted by atomic mass is 35.5. The summed E-state index contributed by atoms with van der Waals surface area (Å²) in [5.41, 5.74) is 1.75. The maximum Gasteiger partial charge on any atom is 0.257 e. The van der Waals surface area contributed by atoms with Crippen LogP contribution in [-0.4, -0.2) is 19.4 Å². The Hall–Kier alpha value is -2.00. The van der Waals surface area contributed by atoms with Gasteiger partial charge in [-0.1, -0.05) is 17.7 Å². The quantitative estimate of drug-likeness (QED) is 0.706. The summed E-state index contributed by atoms with van der Waals surface area (Å²) >= 11 is 11.0. The third kappa shape index (κ3) is 4.75. The van der Waals surface area contributed by atoms with Crippen LogP contribution >= 0.6 is 23.8 Å². The molecule has 2 rings (SSSR count). The summed E-state index contributed by atoms with van der Waals surface area (Å²) in [7, 11) is -3.75. The van der Waals surface area contributed by atoms with Gasteiger partial charge in [0.25, 0.3) is 5.91 Å². The van der Waals surface area contributed by atoms with Crippen LogP contribution in [0.15, 0.2) is 47.4 Å². The second kappa shape index (κ2) is 7.27. The van der Waals surface area contributed by atoms with E-state index in [1.165, 1.54) is 24.3 Å². The predicted molar refractivity (Wildman–Crippen MR) is 97.7 cm³/mol. The summed E-state index contributed by atoms with van der Waals surface area (Å²) in [4.78, 5) is 12.1. The Morgan fingerprint density at radius 3 is 2.33 bits per heavy atom. The topological polar surface area (TPSA) is 101 Å². The number of primary sulfonamides is 1. The van der Waals surface area contributed by atoms with E-state index in [2.05, 4.69) is 10.6 Å². The summed E-state index contributed by atoms with van der Waals surface area (Å²) < 4.78 is 22.4. The summed E-state index contributed by atoms with van der Waals surface area (Å²) in [6.07, 6.45) is 0. The molecule has 6 nitrogen and oxygen atoms in total. The number of hydrogen-bond donors (Lipinski definition) is 3. The highest BCUT2D eigenvalue weighted by Gasteiger charge is 2.10. The van der Waals surface area contributed by atoms with Crippen LogP contribution in [0.25, 0.3) is 0 Å². The molecule has 2 aromatic rings. The van der Waals surface area contributed by atoms with E-state index in [9.17, 15) is 13.2 Å². The van der Waals surface area contributed by atoms with Crippen molar-refractivity contribution in [1.82, 2.24) is 5.32 Å². The Morgan fingerprint density at radius 1 is 1.17 bits per heavy atom. The molecule has 0 fully saturated rings. The number of amides is 1. The molecule has 126 valence electrons. The molecule has 0 aliphatic heterocycles.